The van der Waals surface area contributed by atoms with Gasteiger partial charge >= 0.3 is 5.97 Å². The first-order valence-electron chi connectivity index (χ1n) is 23.1. The summed E-state index contributed by atoms with van der Waals surface area (Å²) in [4.78, 5) is 119. The maximum atomic E-state index is 14.1. The third-order valence-electron chi connectivity index (χ3n) is 10.6. The number of unbranched alkanes of at least 4 members (excludes halogenated alkanes) is 1. The number of carboxylic acid groups (broad SMARTS) is 1. The number of hydrogen-bond donors (Lipinski definition) is 11. The van der Waals surface area contributed by atoms with E-state index >= 15 is 0 Å². The van der Waals surface area contributed by atoms with Gasteiger partial charge in [0.2, 0.25) is 35.4 Å². The first-order chi connectivity index (χ1) is 32.9. The van der Waals surface area contributed by atoms with E-state index in [1.807, 2.05) is 0 Å². The third-order valence-corrected chi connectivity index (χ3v) is 11.4. The molecule has 6 amide bonds. The normalized spacial score (nSPS) is 18.3. The van der Waals surface area contributed by atoms with Crippen LogP contribution < -0.4 is 49.1 Å². The van der Waals surface area contributed by atoms with Crippen molar-refractivity contribution in [1.82, 2.24) is 36.8 Å². The van der Waals surface area contributed by atoms with Crippen molar-refractivity contribution >= 4 is 70.0 Å². The zero-order valence-corrected chi connectivity index (χ0v) is 40.4. The molecule has 2 aliphatic rings. The zero-order chi connectivity index (χ0) is 51.1. The minimum atomic E-state index is -1.47. The van der Waals surface area contributed by atoms with E-state index in [0.29, 0.717) is 38.6 Å². The molecule has 2 rings (SSSR count). The minimum absolute atomic E-state index is 0.0112. The van der Waals surface area contributed by atoms with Gasteiger partial charge in [-0.3, -0.25) is 48.7 Å². The summed E-state index contributed by atoms with van der Waals surface area (Å²) in [7, 11) is 0. The van der Waals surface area contributed by atoms with Gasteiger partial charge < -0.3 is 77.8 Å². The smallest absolute Gasteiger partial charge is 0.326 e. The van der Waals surface area contributed by atoms with Crippen molar-refractivity contribution in [3.8, 4) is 0 Å². The van der Waals surface area contributed by atoms with Crippen LogP contribution in [0.3, 0.4) is 0 Å². The molecule has 14 N–H and O–H groups in total. The molecule has 0 aromatic carbocycles. The van der Waals surface area contributed by atoms with Crippen LogP contribution in [0.1, 0.15) is 71.6 Å². The molecule has 2 saturated heterocycles. The van der Waals surface area contributed by atoms with Crippen LogP contribution in [-0.4, -0.2) is 207 Å². The SMILES string of the molecule is CC(=O)SCC(=O)NCCOCCOCC(=O)NCCOCCOCC(=O)N[C@H](C(=O)N[C@@H](CCCCN)C(=O)N1CCC[C@H]1C(=O)C1CC[C@H](C(=O)N[C@@H](CCCN=C(N)N)C(=O)O)N1)[C@@H](C)O. The van der Waals surface area contributed by atoms with Gasteiger partial charge in [0.25, 0.3) is 0 Å². The van der Waals surface area contributed by atoms with Gasteiger partial charge in [0.1, 0.15) is 31.3 Å². The van der Waals surface area contributed by atoms with E-state index in [2.05, 4.69) is 36.9 Å². The van der Waals surface area contributed by atoms with Crippen molar-refractivity contribution in [1.29, 1.82) is 0 Å². The number of thioether (sulfide) groups is 1. The number of hydrogen-bond acceptors (Lipinski definition) is 18. The van der Waals surface area contributed by atoms with Crippen LogP contribution in [0.2, 0.25) is 0 Å². The third kappa shape index (κ3) is 24.9. The Morgan fingerprint density at radius 3 is 1.99 bits per heavy atom. The number of rotatable bonds is 36. The van der Waals surface area contributed by atoms with Crippen LogP contribution in [0.4, 0.5) is 0 Å². The van der Waals surface area contributed by atoms with Crippen molar-refractivity contribution in [2.45, 2.75) is 114 Å². The van der Waals surface area contributed by atoms with E-state index in [9.17, 15) is 53.4 Å². The monoisotopic (exact) mass is 1000 g/mol. The van der Waals surface area contributed by atoms with E-state index in [0.717, 1.165) is 11.8 Å². The lowest BCUT2D eigenvalue weighted by atomic mass is 10.00. The molecule has 0 aliphatic carbocycles. The van der Waals surface area contributed by atoms with Gasteiger partial charge in [-0.05, 0) is 71.3 Å². The van der Waals surface area contributed by atoms with Crippen molar-refractivity contribution in [2.24, 2.45) is 22.2 Å². The Bertz CT molecular complexity index is 1710. The van der Waals surface area contributed by atoms with Gasteiger partial charge in [-0.15, -0.1) is 0 Å². The number of amides is 6. The number of Topliss-reactive ketones (excluding diaryl/α,β-unsaturated/α-hetero) is 1. The number of aliphatic imine (C=N–C) groups is 1. The van der Waals surface area contributed by atoms with Crippen LogP contribution in [0, 0.1) is 0 Å². The summed E-state index contributed by atoms with van der Waals surface area (Å²) < 4.78 is 21.3. The quantitative estimate of drug-likeness (QED) is 0.0160. The van der Waals surface area contributed by atoms with Crippen molar-refractivity contribution in [3.63, 3.8) is 0 Å². The summed E-state index contributed by atoms with van der Waals surface area (Å²) in [6.45, 7) is 4.00. The predicted molar refractivity (Wildman–Crippen MR) is 250 cm³/mol. The molecule has 27 heteroatoms. The number of carbonyl (C=O) groups is 9. The van der Waals surface area contributed by atoms with Gasteiger partial charge in [-0.1, -0.05) is 11.8 Å². The number of carbonyl (C=O) groups excluding carboxylic acids is 8. The fourth-order valence-corrected chi connectivity index (χ4v) is 7.60. The Kier molecular flexibility index (Phi) is 29.9. The van der Waals surface area contributed by atoms with Crippen molar-refractivity contribution in [2.75, 3.05) is 91.3 Å². The lowest BCUT2D eigenvalue weighted by molar-refractivity contribution is -0.142. The number of ketones is 1. The molecule has 2 aliphatic heterocycles. The van der Waals surface area contributed by atoms with Gasteiger partial charge in [0.15, 0.2) is 16.9 Å². The van der Waals surface area contributed by atoms with Crippen LogP contribution in [0.25, 0.3) is 0 Å². The summed E-state index contributed by atoms with van der Waals surface area (Å²) >= 11 is 0.918. The Hall–Kier alpha value is -5.03. The average Bonchev–Trinajstić information content (AvgIpc) is 4.01. The van der Waals surface area contributed by atoms with Crippen LogP contribution in [0.5, 0.6) is 0 Å². The van der Waals surface area contributed by atoms with E-state index in [4.69, 9.17) is 36.1 Å². The summed E-state index contributed by atoms with van der Waals surface area (Å²) in [6.07, 6.45) is 1.52. The molecule has 2 heterocycles. The molecule has 0 saturated carbocycles. The summed E-state index contributed by atoms with van der Waals surface area (Å²) in [5.74, 6) is -4.95. The molecule has 0 aromatic heterocycles. The van der Waals surface area contributed by atoms with Gasteiger partial charge in [-0.25, -0.2) is 4.79 Å². The van der Waals surface area contributed by atoms with E-state index in [1.165, 1.54) is 18.7 Å². The molecule has 1 unspecified atom stereocenters. The van der Waals surface area contributed by atoms with Crippen LogP contribution >= 0.6 is 11.8 Å². The summed E-state index contributed by atoms with van der Waals surface area (Å²) in [6, 6.07) is -6.28. The van der Waals surface area contributed by atoms with E-state index < -0.39 is 78.6 Å². The first kappa shape index (κ1) is 60.1. The molecule has 69 heavy (non-hydrogen) atoms. The standard InChI is InChI=1S/C42H73N11O15S/c1-26(54)36(52-34(57)24-68-22-20-65-17-14-46-33(56)23-67-21-19-66-18-15-47-35(58)25-69-27(2)55)39(61)50-30(7-3-4-12-43)40(62)53-16-6-9-32(53)37(59)28-10-11-29(49-28)38(60)51-31(41(63)64)8-5-13-48-42(44)45/h26,28-32,36,49,54H,3-25,43H2,1-2H3,(H,46,56)(H,47,58)(H,50,61)(H,51,60)(H,52,57)(H,63,64)(H4,44,45,48)/t26-,28?,29-,30+,31+,32+,36+/m1/s1. The molecule has 392 valence electrons. The van der Waals surface area contributed by atoms with Gasteiger partial charge in [0.05, 0.1) is 69.6 Å². The second-order valence-electron chi connectivity index (χ2n) is 16.2. The van der Waals surface area contributed by atoms with Crippen molar-refractivity contribution < 1.29 is 72.3 Å². The number of aliphatic carboxylic acids is 1. The number of aliphatic hydroxyl groups excluding tert-OH is 1. The van der Waals surface area contributed by atoms with Crippen LogP contribution in [-0.2, 0) is 62.1 Å². The second kappa shape index (κ2) is 34.3. The molecule has 0 spiro atoms. The number of aliphatic hydroxyl groups is 1. The molecular weight excluding hydrogens is 931 g/mol. The summed E-state index contributed by atoms with van der Waals surface area (Å²) in [5.41, 5.74) is 16.3. The lowest BCUT2D eigenvalue weighted by Crippen LogP contribution is -2.59. The van der Waals surface area contributed by atoms with Crippen LogP contribution in [0.15, 0.2) is 4.99 Å². The fourth-order valence-electron chi connectivity index (χ4n) is 7.16. The Morgan fingerprint density at radius 1 is 0.768 bits per heavy atom. The Balaban J connectivity index is 1.77. The number of carboxylic acids is 1. The highest BCUT2D eigenvalue weighted by molar-refractivity contribution is 8.14. The topological polar surface area (TPSA) is 397 Å². The van der Waals surface area contributed by atoms with E-state index in [1.54, 1.807) is 0 Å². The second-order valence-corrected chi connectivity index (χ2v) is 17.4. The maximum Gasteiger partial charge on any atom is 0.326 e. The maximum absolute atomic E-state index is 14.1. The molecule has 26 nitrogen and oxygen atoms in total. The molecule has 0 bridgehead atoms. The van der Waals surface area contributed by atoms with Crippen molar-refractivity contribution in [3.05, 3.63) is 0 Å². The van der Waals surface area contributed by atoms with E-state index in [-0.39, 0.29) is 133 Å². The number of likely N-dealkylation sites (tertiary alicyclic amines) is 1. The highest BCUT2D eigenvalue weighted by Crippen LogP contribution is 2.25. The molecular formula is C42H73N11O15S. The first-order valence-corrected chi connectivity index (χ1v) is 24.1. The molecule has 0 radical (unpaired) electrons. The fraction of sp³-hybridized carbons (Fsp3) is 0.762. The summed E-state index contributed by atoms with van der Waals surface area (Å²) in [5, 5.41) is 35.8. The largest absolute Gasteiger partial charge is 0.480 e. The Morgan fingerprint density at radius 2 is 1.38 bits per heavy atom. The number of nitrogens with zero attached hydrogens (tertiary/aromatic N) is 2. The number of nitrogens with two attached hydrogens (primary N) is 3. The number of guanidine groups is 1. The number of nitrogens with one attached hydrogen (secondary N) is 6. The average molecular weight is 1000 g/mol. The number of ether oxygens (including phenoxy) is 4. The zero-order valence-electron chi connectivity index (χ0n) is 39.5. The minimum Gasteiger partial charge on any atom is -0.480 e. The van der Waals surface area contributed by atoms with Gasteiger partial charge in [0, 0.05) is 33.1 Å². The highest BCUT2D eigenvalue weighted by Gasteiger charge is 2.43. The predicted octanol–water partition coefficient (Wildman–Crippen LogP) is -4.65. The highest BCUT2D eigenvalue weighted by atomic mass is 32.2. The lowest BCUT2D eigenvalue weighted by Gasteiger charge is -2.31. The molecule has 0 aromatic rings. The molecule has 7 atom stereocenters. The molecule has 2 fully saturated rings. The Labute approximate surface area is 405 Å². The van der Waals surface area contributed by atoms with Gasteiger partial charge in [-0.2, -0.15) is 0 Å².